The van der Waals surface area contributed by atoms with Gasteiger partial charge in [0.2, 0.25) is 0 Å². The molecule has 1 aliphatic heterocycles. The standard InChI is InChI=1S/C24H24N2O4S/c1-18-9-12-21(13-10-18)30-17-24(27)25-20-11-14-23-19(16-20)6-5-15-26(23)31(28,29)22-7-3-2-4-8-22/h2-4,7-14,16H,5-6,15,17H2,1H3,(H,25,27). The molecule has 0 aromatic heterocycles. The summed E-state index contributed by atoms with van der Waals surface area (Å²) in [5.41, 5.74) is 3.29. The molecule has 6 nitrogen and oxygen atoms in total. The molecule has 0 saturated heterocycles. The van der Waals surface area contributed by atoms with Crippen LogP contribution in [0.3, 0.4) is 0 Å². The van der Waals surface area contributed by atoms with E-state index >= 15 is 0 Å². The average molecular weight is 437 g/mol. The number of nitrogens with zero attached hydrogens (tertiary/aromatic N) is 1. The van der Waals surface area contributed by atoms with Gasteiger partial charge >= 0.3 is 0 Å². The Hall–Kier alpha value is -3.32. The lowest BCUT2D eigenvalue weighted by Crippen LogP contribution is -2.35. The highest BCUT2D eigenvalue weighted by molar-refractivity contribution is 7.92. The lowest BCUT2D eigenvalue weighted by Gasteiger charge is -2.30. The fourth-order valence-electron chi connectivity index (χ4n) is 3.59. The van der Waals surface area contributed by atoms with E-state index in [2.05, 4.69) is 5.32 Å². The third-order valence-corrected chi connectivity index (χ3v) is 6.99. The maximum Gasteiger partial charge on any atom is 0.264 e. The number of ether oxygens (including phenoxy) is 1. The minimum absolute atomic E-state index is 0.103. The Morgan fingerprint density at radius 3 is 2.52 bits per heavy atom. The molecule has 0 bridgehead atoms. The highest BCUT2D eigenvalue weighted by atomic mass is 32.2. The molecule has 0 radical (unpaired) electrons. The molecule has 0 spiro atoms. The van der Waals surface area contributed by atoms with Gasteiger partial charge < -0.3 is 10.1 Å². The third kappa shape index (κ3) is 4.72. The predicted octanol–water partition coefficient (Wildman–Crippen LogP) is 4.15. The second-order valence-electron chi connectivity index (χ2n) is 7.49. The number of rotatable bonds is 6. The number of aryl methyl sites for hydroxylation is 2. The van der Waals surface area contributed by atoms with Crippen molar-refractivity contribution in [2.45, 2.75) is 24.7 Å². The molecule has 1 amide bonds. The zero-order chi connectivity index (χ0) is 21.8. The number of benzene rings is 3. The first kappa shape index (κ1) is 20.9. The Labute approximate surface area is 182 Å². The summed E-state index contributed by atoms with van der Waals surface area (Å²) in [6, 6.07) is 21.2. The predicted molar refractivity (Wildman–Crippen MR) is 121 cm³/mol. The molecule has 7 heteroatoms. The number of sulfonamides is 1. The highest BCUT2D eigenvalue weighted by Gasteiger charge is 2.29. The molecule has 0 aliphatic carbocycles. The van der Waals surface area contributed by atoms with Crippen molar-refractivity contribution in [3.63, 3.8) is 0 Å². The number of hydrogen-bond donors (Lipinski definition) is 1. The monoisotopic (exact) mass is 436 g/mol. The van der Waals surface area contributed by atoms with Crippen LogP contribution in [0, 0.1) is 6.92 Å². The Bertz CT molecular complexity index is 1180. The maximum absolute atomic E-state index is 13.1. The van der Waals surface area contributed by atoms with E-state index in [0.29, 0.717) is 30.1 Å². The molecular weight excluding hydrogens is 412 g/mol. The van der Waals surface area contributed by atoms with E-state index in [1.54, 1.807) is 42.5 Å². The first-order valence-corrected chi connectivity index (χ1v) is 11.6. The zero-order valence-electron chi connectivity index (χ0n) is 17.2. The van der Waals surface area contributed by atoms with Gasteiger partial charge in [0.05, 0.1) is 10.6 Å². The van der Waals surface area contributed by atoms with Crippen molar-refractivity contribution in [1.82, 2.24) is 0 Å². The topological polar surface area (TPSA) is 75.7 Å². The third-order valence-electron chi connectivity index (χ3n) is 5.16. The van der Waals surface area contributed by atoms with Gasteiger partial charge in [0, 0.05) is 12.2 Å². The van der Waals surface area contributed by atoms with E-state index in [9.17, 15) is 13.2 Å². The lowest BCUT2D eigenvalue weighted by atomic mass is 10.0. The number of amides is 1. The number of anilines is 2. The summed E-state index contributed by atoms with van der Waals surface area (Å²) in [7, 11) is -3.63. The Balaban J connectivity index is 1.47. The molecule has 1 aliphatic rings. The minimum Gasteiger partial charge on any atom is -0.484 e. The summed E-state index contributed by atoms with van der Waals surface area (Å²) in [4.78, 5) is 12.6. The van der Waals surface area contributed by atoms with Crippen LogP contribution >= 0.6 is 0 Å². The first-order chi connectivity index (χ1) is 14.9. The van der Waals surface area contributed by atoms with Gasteiger partial charge in [-0.25, -0.2) is 8.42 Å². The normalized spacial score (nSPS) is 13.4. The van der Waals surface area contributed by atoms with Gasteiger partial charge in [0.15, 0.2) is 6.61 Å². The molecule has 3 aromatic carbocycles. The smallest absolute Gasteiger partial charge is 0.264 e. The van der Waals surface area contributed by atoms with Crippen LogP contribution in [0.1, 0.15) is 17.5 Å². The number of carbonyl (C=O) groups excluding carboxylic acids is 1. The highest BCUT2D eigenvalue weighted by Crippen LogP contribution is 2.33. The van der Waals surface area contributed by atoms with Crippen molar-refractivity contribution in [2.24, 2.45) is 0 Å². The summed E-state index contributed by atoms with van der Waals surface area (Å²) in [6.45, 7) is 2.31. The number of nitrogens with one attached hydrogen (secondary N) is 1. The van der Waals surface area contributed by atoms with Crippen LogP contribution in [0.25, 0.3) is 0 Å². The van der Waals surface area contributed by atoms with Gasteiger partial charge in [-0.2, -0.15) is 0 Å². The van der Waals surface area contributed by atoms with Gasteiger partial charge in [-0.05, 0) is 67.8 Å². The van der Waals surface area contributed by atoms with E-state index in [4.69, 9.17) is 4.74 Å². The molecule has 1 heterocycles. The molecule has 31 heavy (non-hydrogen) atoms. The Morgan fingerprint density at radius 1 is 1.03 bits per heavy atom. The fraction of sp³-hybridized carbons (Fsp3) is 0.208. The van der Waals surface area contributed by atoms with E-state index in [1.807, 2.05) is 37.3 Å². The number of carbonyl (C=O) groups is 1. The van der Waals surface area contributed by atoms with E-state index in [0.717, 1.165) is 17.5 Å². The maximum atomic E-state index is 13.1. The number of fused-ring (bicyclic) bond motifs is 1. The second kappa shape index (κ2) is 8.81. The summed E-state index contributed by atoms with van der Waals surface area (Å²) < 4.78 is 33.2. The van der Waals surface area contributed by atoms with Crippen molar-refractivity contribution < 1.29 is 17.9 Å². The van der Waals surface area contributed by atoms with Crippen molar-refractivity contribution in [3.05, 3.63) is 83.9 Å². The van der Waals surface area contributed by atoms with Crippen LogP contribution in [0.4, 0.5) is 11.4 Å². The van der Waals surface area contributed by atoms with E-state index < -0.39 is 10.0 Å². The summed E-state index contributed by atoms with van der Waals surface area (Å²) in [6.07, 6.45) is 1.46. The average Bonchev–Trinajstić information content (AvgIpc) is 2.78. The first-order valence-electron chi connectivity index (χ1n) is 10.1. The van der Waals surface area contributed by atoms with Crippen molar-refractivity contribution in [2.75, 3.05) is 22.8 Å². The Kier molecular flexibility index (Phi) is 5.95. The molecular formula is C24H24N2O4S. The van der Waals surface area contributed by atoms with Gasteiger partial charge in [0.25, 0.3) is 15.9 Å². The van der Waals surface area contributed by atoms with Gasteiger partial charge in [0.1, 0.15) is 5.75 Å². The molecule has 160 valence electrons. The van der Waals surface area contributed by atoms with Crippen LogP contribution in [0.15, 0.2) is 77.7 Å². The molecule has 1 N–H and O–H groups in total. The van der Waals surface area contributed by atoms with Crippen LogP contribution in [-0.2, 0) is 21.2 Å². The summed E-state index contributed by atoms with van der Waals surface area (Å²) in [5, 5.41) is 2.83. The van der Waals surface area contributed by atoms with Crippen LogP contribution in [0.5, 0.6) is 5.75 Å². The molecule has 4 rings (SSSR count). The van der Waals surface area contributed by atoms with Crippen molar-refractivity contribution in [1.29, 1.82) is 0 Å². The molecule has 0 fully saturated rings. The molecule has 0 atom stereocenters. The van der Waals surface area contributed by atoms with Gasteiger partial charge in [-0.15, -0.1) is 0 Å². The van der Waals surface area contributed by atoms with Crippen LogP contribution in [-0.4, -0.2) is 27.5 Å². The Morgan fingerprint density at radius 2 is 1.77 bits per heavy atom. The summed E-state index contributed by atoms with van der Waals surface area (Å²) >= 11 is 0. The van der Waals surface area contributed by atoms with E-state index in [1.165, 1.54) is 4.31 Å². The van der Waals surface area contributed by atoms with Gasteiger partial charge in [-0.3, -0.25) is 9.10 Å². The van der Waals surface area contributed by atoms with Gasteiger partial charge in [-0.1, -0.05) is 35.9 Å². The quantitative estimate of drug-likeness (QED) is 0.630. The number of hydrogen-bond acceptors (Lipinski definition) is 4. The fourth-order valence-corrected chi connectivity index (χ4v) is 5.15. The molecule has 3 aromatic rings. The van der Waals surface area contributed by atoms with Crippen molar-refractivity contribution in [3.8, 4) is 5.75 Å². The zero-order valence-corrected chi connectivity index (χ0v) is 18.1. The summed E-state index contributed by atoms with van der Waals surface area (Å²) in [5.74, 6) is 0.359. The lowest BCUT2D eigenvalue weighted by molar-refractivity contribution is -0.118. The molecule has 0 saturated carbocycles. The van der Waals surface area contributed by atoms with Crippen molar-refractivity contribution >= 4 is 27.3 Å². The van der Waals surface area contributed by atoms with Crippen LogP contribution in [0.2, 0.25) is 0 Å². The largest absolute Gasteiger partial charge is 0.484 e. The minimum atomic E-state index is -3.63. The van der Waals surface area contributed by atoms with Crippen LogP contribution < -0.4 is 14.4 Å². The molecule has 0 unspecified atom stereocenters. The van der Waals surface area contributed by atoms with E-state index in [-0.39, 0.29) is 17.4 Å². The SMILES string of the molecule is Cc1ccc(OCC(=O)Nc2ccc3c(c2)CCCN3S(=O)(=O)c2ccccc2)cc1. The second-order valence-corrected chi connectivity index (χ2v) is 9.35.